The fourth-order valence-electron chi connectivity index (χ4n) is 2.44. The summed E-state index contributed by atoms with van der Waals surface area (Å²) in [4.78, 5) is 2.32. The SMILES string of the molecule is CC1(C)CCN(c2cccc(Cl)c2)CC1CO. The number of hydrogen-bond donors (Lipinski definition) is 1. The van der Waals surface area contributed by atoms with E-state index in [0.29, 0.717) is 5.92 Å². The normalized spacial score (nSPS) is 23.8. The van der Waals surface area contributed by atoms with E-state index in [-0.39, 0.29) is 12.0 Å². The Kier molecular flexibility index (Phi) is 3.64. The van der Waals surface area contributed by atoms with Crippen LogP contribution in [0.4, 0.5) is 5.69 Å². The van der Waals surface area contributed by atoms with E-state index in [1.165, 1.54) is 0 Å². The van der Waals surface area contributed by atoms with Crippen molar-refractivity contribution in [1.29, 1.82) is 0 Å². The fourth-order valence-corrected chi connectivity index (χ4v) is 2.63. The number of anilines is 1. The first-order valence-corrected chi connectivity index (χ1v) is 6.52. The van der Waals surface area contributed by atoms with Crippen LogP contribution >= 0.6 is 11.6 Å². The standard InChI is InChI=1S/C14H20ClNO/c1-14(2)6-7-16(9-11(14)10-17)13-5-3-4-12(15)8-13/h3-5,8,11,17H,6-7,9-10H2,1-2H3. The van der Waals surface area contributed by atoms with Crippen molar-refractivity contribution in [3.63, 3.8) is 0 Å². The molecular weight excluding hydrogens is 234 g/mol. The summed E-state index contributed by atoms with van der Waals surface area (Å²) in [5.41, 5.74) is 1.38. The van der Waals surface area contributed by atoms with E-state index < -0.39 is 0 Å². The average Bonchev–Trinajstić information content (AvgIpc) is 2.28. The Morgan fingerprint density at radius 3 is 2.88 bits per heavy atom. The molecule has 0 spiro atoms. The number of rotatable bonds is 2. The highest BCUT2D eigenvalue weighted by molar-refractivity contribution is 6.30. The Bertz CT molecular complexity index is 392. The number of aliphatic hydroxyl groups excluding tert-OH is 1. The number of piperidine rings is 1. The van der Waals surface area contributed by atoms with Crippen molar-refractivity contribution in [2.24, 2.45) is 11.3 Å². The van der Waals surface area contributed by atoms with Crippen molar-refractivity contribution in [2.75, 3.05) is 24.6 Å². The molecule has 1 N–H and O–H groups in total. The highest BCUT2D eigenvalue weighted by Crippen LogP contribution is 2.37. The van der Waals surface area contributed by atoms with Gasteiger partial charge in [-0.25, -0.2) is 0 Å². The maximum Gasteiger partial charge on any atom is 0.0481 e. The number of hydrogen-bond acceptors (Lipinski definition) is 2. The third kappa shape index (κ3) is 2.75. The summed E-state index contributed by atoms with van der Waals surface area (Å²) in [6, 6.07) is 7.95. The number of benzene rings is 1. The lowest BCUT2D eigenvalue weighted by molar-refractivity contribution is 0.0968. The van der Waals surface area contributed by atoms with Gasteiger partial charge in [-0.3, -0.25) is 0 Å². The molecule has 1 aromatic rings. The molecule has 2 nitrogen and oxygen atoms in total. The Morgan fingerprint density at radius 1 is 1.47 bits per heavy atom. The van der Waals surface area contributed by atoms with E-state index in [4.69, 9.17) is 11.6 Å². The maximum atomic E-state index is 9.49. The molecule has 94 valence electrons. The molecule has 0 amide bonds. The second-order valence-electron chi connectivity index (χ2n) is 5.54. The molecule has 0 radical (unpaired) electrons. The van der Waals surface area contributed by atoms with Gasteiger partial charge in [-0.15, -0.1) is 0 Å². The van der Waals surface area contributed by atoms with Gasteiger partial charge in [0.2, 0.25) is 0 Å². The van der Waals surface area contributed by atoms with Gasteiger partial charge < -0.3 is 10.0 Å². The van der Waals surface area contributed by atoms with Crippen LogP contribution in [-0.2, 0) is 0 Å². The molecule has 3 heteroatoms. The monoisotopic (exact) mass is 253 g/mol. The molecule has 0 aromatic heterocycles. The van der Waals surface area contributed by atoms with Crippen molar-refractivity contribution in [3.8, 4) is 0 Å². The Hall–Kier alpha value is -0.730. The molecule has 1 aliphatic heterocycles. The highest BCUT2D eigenvalue weighted by Gasteiger charge is 2.34. The first-order chi connectivity index (χ1) is 8.03. The van der Waals surface area contributed by atoms with Gasteiger partial charge in [0.05, 0.1) is 0 Å². The van der Waals surface area contributed by atoms with Gasteiger partial charge in [-0.2, -0.15) is 0 Å². The summed E-state index contributed by atoms with van der Waals surface area (Å²) < 4.78 is 0. The largest absolute Gasteiger partial charge is 0.396 e. The molecule has 1 aromatic carbocycles. The molecule has 1 aliphatic rings. The summed E-state index contributed by atoms with van der Waals surface area (Å²) in [7, 11) is 0. The van der Waals surface area contributed by atoms with Gasteiger partial charge in [-0.05, 0) is 30.0 Å². The quantitative estimate of drug-likeness (QED) is 0.875. The Labute approximate surface area is 108 Å². The predicted molar refractivity (Wildman–Crippen MR) is 72.6 cm³/mol. The molecular formula is C14H20ClNO. The van der Waals surface area contributed by atoms with E-state index >= 15 is 0 Å². The van der Waals surface area contributed by atoms with Crippen LogP contribution in [0.1, 0.15) is 20.3 Å². The lowest BCUT2D eigenvalue weighted by Gasteiger charge is -2.44. The Morgan fingerprint density at radius 2 is 2.24 bits per heavy atom. The zero-order valence-corrected chi connectivity index (χ0v) is 11.2. The van der Waals surface area contributed by atoms with Crippen molar-refractivity contribution in [2.45, 2.75) is 20.3 Å². The average molecular weight is 254 g/mol. The van der Waals surface area contributed by atoms with Crippen LogP contribution in [-0.4, -0.2) is 24.8 Å². The first kappa shape index (κ1) is 12.7. The second-order valence-corrected chi connectivity index (χ2v) is 5.98. The van der Waals surface area contributed by atoms with E-state index in [1.807, 2.05) is 18.2 Å². The van der Waals surface area contributed by atoms with E-state index in [2.05, 4.69) is 24.8 Å². The van der Waals surface area contributed by atoms with Crippen LogP contribution in [0.15, 0.2) is 24.3 Å². The van der Waals surface area contributed by atoms with Crippen LogP contribution in [0.5, 0.6) is 0 Å². The highest BCUT2D eigenvalue weighted by atomic mass is 35.5. The van der Waals surface area contributed by atoms with Crippen molar-refractivity contribution in [1.82, 2.24) is 0 Å². The van der Waals surface area contributed by atoms with E-state index in [0.717, 1.165) is 30.2 Å². The maximum absolute atomic E-state index is 9.49. The van der Waals surface area contributed by atoms with E-state index in [9.17, 15) is 5.11 Å². The minimum absolute atomic E-state index is 0.226. The van der Waals surface area contributed by atoms with Crippen LogP contribution in [0.3, 0.4) is 0 Å². The molecule has 0 saturated carbocycles. The zero-order chi connectivity index (χ0) is 12.5. The first-order valence-electron chi connectivity index (χ1n) is 6.14. The topological polar surface area (TPSA) is 23.5 Å². The summed E-state index contributed by atoms with van der Waals surface area (Å²) in [6.45, 7) is 6.67. The summed E-state index contributed by atoms with van der Waals surface area (Å²) >= 11 is 6.01. The Balaban J connectivity index is 2.15. The van der Waals surface area contributed by atoms with Crippen molar-refractivity contribution in [3.05, 3.63) is 29.3 Å². The third-order valence-electron chi connectivity index (χ3n) is 3.97. The molecule has 0 aliphatic carbocycles. The molecule has 1 heterocycles. The van der Waals surface area contributed by atoms with Gasteiger partial charge in [-0.1, -0.05) is 31.5 Å². The number of aliphatic hydroxyl groups is 1. The molecule has 1 fully saturated rings. The van der Waals surface area contributed by atoms with Crippen LogP contribution in [0.2, 0.25) is 5.02 Å². The van der Waals surface area contributed by atoms with Crippen LogP contribution < -0.4 is 4.90 Å². The summed E-state index contributed by atoms with van der Waals surface area (Å²) in [5.74, 6) is 0.329. The van der Waals surface area contributed by atoms with E-state index in [1.54, 1.807) is 0 Å². The molecule has 1 unspecified atom stereocenters. The number of nitrogens with zero attached hydrogens (tertiary/aromatic N) is 1. The smallest absolute Gasteiger partial charge is 0.0481 e. The number of halogens is 1. The minimum Gasteiger partial charge on any atom is -0.396 e. The molecule has 17 heavy (non-hydrogen) atoms. The molecule has 1 atom stereocenters. The lowest BCUT2D eigenvalue weighted by Crippen LogP contribution is -2.46. The lowest BCUT2D eigenvalue weighted by atomic mass is 9.73. The van der Waals surface area contributed by atoms with Gasteiger partial charge in [0.15, 0.2) is 0 Å². The van der Waals surface area contributed by atoms with Crippen molar-refractivity contribution >= 4 is 17.3 Å². The van der Waals surface area contributed by atoms with Gasteiger partial charge >= 0.3 is 0 Å². The predicted octanol–water partition coefficient (Wildman–Crippen LogP) is 3.18. The summed E-state index contributed by atoms with van der Waals surface area (Å²) in [6.07, 6.45) is 1.10. The van der Waals surface area contributed by atoms with Crippen LogP contribution in [0, 0.1) is 11.3 Å². The zero-order valence-electron chi connectivity index (χ0n) is 10.5. The van der Waals surface area contributed by atoms with Crippen molar-refractivity contribution < 1.29 is 5.11 Å². The fraction of sp³-hybridized carbons (Fsp3) is 0.571. The van der Waals surface area contributed by atoms with Gasteiger partial charge in [0.25, 0.3) is 0 Å². The third-order valence-corrected chi connectivity index (χ3v) is 4.20. The van der Waals surface area contributed by atoms with Gasteiger partial charge in [0, 0.05) is 36.3 Å². The van der Waals surface area contributed by atoms with Crippen LogP contribution in [0.25, 0.3) is 0 Å². The van der Waals surface area contributed by atoms with Gasteiger partial charge in [0.1, 0.15) is 0 Å². The minimum atomic E-state index is 0.226. The molecule has 2 rings (SSSR count). The molecule has 0 bridgehead atoms. The molecule has 1 saturated heterocycles. The second kappa shape index (κ2) is 4.87. The summed E-state index contributed by atoms with van der Waals surface area (Å²) in [5, 5.41) is 10.3.